The fourth-order valence-corrected chi connectivity index (χ4v) is 1.77. The molecule has 0 aliphatic carbocycles. The summed E-state index contributed by atoms with van der Waals surface area (Å²) in [7, 11) is 3.10. The van der Waals surface area contributed by atoms with Crippen LogP contribution in [0.4, 0.5) is 11.4 Å². The third-order valence-corrected chi connectivity index (χ3v) is 2.73. The number of nitrogens with zero attached hydrogens (tertiary/aromatic N) is 2. The summed E-state index contributed by atoms with van der Waals surface area (Å²) < 4.78 is 0. The smallest absolute Gasteiger partial charge is 0.305 e. The number of carboxylic acids is 1. The number of carbonyl (C=O) groups is 2. The normalized spacial score (nSPS) is 11.6. The first kappa shape index (κ1) is 16.4. The van der Waals surface area contributed by atoms with Crippen LogP contribution in [-0.4, -0.2) is 46.9 Å². The van der Waals surface area contributed by atoms with Crippen molar-refractivity contribution >= 4 is 23.3 Å². The van der Waals surface area contributed by atoms with E-state index in [1.807, 2.05) is 0 Å². The minimum atomic E-state index is -1.00. The number of nitro benzene ring substituents is 1. The molecule has 0 aromatic heterocycles. The van der Waals surface area contributed by atoms with E-state index in [9.17, 15) is 19.7 Å². The Morgan fingerprint density at radius 3 is 2.52 bits per heavy atom. The number of carbonyl (C=O) groups excluding carboxylic acids is 1. The molecule has 2 N–H and O–H groups in total. The van der Waals surface area contributed by atoms with Gasteiger partial charge in [0, 0.05) is 31.8 Å². The van der Waals surface area contributed by atoms with E-state index in [4.69, 9.17) is 5.11 Å². The molecule has 0 saturated carbocycles. The summed E-state index contributed by atoms with van der Waals surface area (Å²) in [6, 6.07) is 3.58. The molecule has 114 valence electrons. The number of hydrogen-bond donors (Lipinski definition) is 2. The van der Waals surface area contributed by atoms with Crippen molar-refractivity contribution in [2.75, 3.05) is 19.4 Å². The van der Waals surface area contributed by atoms with Gasteiger partial charge in [-0.3, -0.25) is 19.7 Å². The number of nitro groups is 1. The van der Waals surface area contributed by atoms with E-state index in [0.717, 1.165) is 0 Å². The Bertz CT molecular complexity index is 571. The molecular formula is C13H17N3O5. The van der Waals surface area contributed by atoms with Crippen molar-refractivity contribution in [3.63, 3.8) is 0 Å². The molecule has 1 amide bonds. The largest absolute Gasteiger partial charge is 0.481 e. The van der Waals surface area contributed by atoms with Crippen molar-refractivity contribution in [1.29, 1.82) is 0 Å². The summed E-state index contributed by atoms with van der Waals surface area (Å²) >= 11 is 0. The number of hydrogen-bond acceptors (Lipinski definition) is 5. The number of aliphatic carboxylic acids is 1. The second-order valence-corrected chi connectivity index (χ2v) is 4.83. The fraction of sp³-hybridized carbons (Fsp3) is 0.385. The van der Waals surface area contributed by atoms with E-state index >= 15 is 0 Å². The van der Waals surface area contributed by atoms with E-state index in [1.165, 1.54) is 23.1 Å². The lowest BCUT2D eigenvalue weighted by Gasteiger charge is -2.15. The van der Waals surface area contributed by atoms with Crippen LogP contribution >= 0.6 is 0 Å². The maximum atomic E-state index is 11.8. The van der Waals surface area contributed by atoms with Crippen molar-refractivity contribution in [1.82, 2.24) is 4.90 Å². The average molecular weight is 295 g/mol. The highest BCUT2D eigenvalue weighted by Crippen LogP contribution is 2.27. The average Bonchev–Trinajstić information content (AvgIpc) is 2.36. The van der Waals surface area contributed by atoms with Gasteiger partial charge >= 0.3 is 5.97 Å². The Morgan fingerprint density at radius 1 is 1.43 bits per heavy atom. The van der Waals surface area contributed by atoms with Crippen molar-refractivity contribution in [3.05, 3.63) is 33.9 Å². The van der Waals surface area contributed by atoms with Gasteiger partial charge in [0.25, 0.3) is 11.6 Å². The number of anilines is 1. The highest BCUT2D eigenvalue weighted by molar-refractivity contribution is 5.95. The Morgan fingerprint density at radius 2 is 2.05 bits per heavy atom. The van der Waals surface area contributed by atoms with E-state index in [2.05, 4.69) is 5.32 Å². The molecule has 8 nitrogen and oxygen atoms in total. The third-order valence-electron chi connectivity index (χ3n) is 2.73. The van der Waals surface area contributed by atoms with E-state index < -0.39 is 16.9 Å². The minimum Gasteiger partial charge on any atom is -0.481 e. The second-order valence-electron chi connectivity index (χ2n) is 4.83. The standard InChI is InChI=1S/C13H17N3O5/c1-8(6-12(17)18)14-10-5-4-9(13(19)15(2)3)7-11(10)16(20)21/h4-5,7-8,14H,6H2,1-3H3,(H,17,18). The zero-order chi connectivity index (χ0) is 16.2. The van der Waals surface area contributed by atoms with E-state index in [0.29, 0.717) is 0 Å². The fourth-order valence-electron chi connectivity index (χ4n) is 1.77. The summed E-state index contributed by atoms with van der Waals surface area (Å²) in [6.45, 7) is 1.61. The van der Waals surface area contributed by atoms with Crippen molar-refractivity contribution < 1.29 is 19.6 Å². The molecule has 1 aromatic carbocycles. The molecule has 0 radical (unpaired) electrons. The van der Waals surface area contributed by atoms with E-state index in [1.54, 1.807) is 21.0 Å². The Hall–Kier alpha value is -2.64. The van der Waals surface area contributed by atoms with Crippen LogP contribution in [0.3, 0.4) is 0 Å². The number of nitrogens with one attached hydrogen (secondary N) is 1. The molecule has 0 saturated heterocycles. The molecule has 1 aromatic rings. The molecule has 1 atom stereocenters. The molecule has 8 heteroatoms. The number of benzene rings is 1. The van der Waals surface area contributed by atoms with Crippen molar-refractivity contribution in [3.8, 4) is 0 Å². The third kappa shape index (κ3) is 4.44. The van der Waals surface area contributed by atoms with Crippen LogP contribution in [0.25, 0.3) is 0 Å². The van der Waals surface area contributed by atoms with Gasteiger partial charge in [-0.1, -0.05) is 0 Å². The Balaban J connectivity index is 3.08. The van der Waals surface area contributed by atoms with Gasteiger partial charge in [-0.15, -0.1) is 0 Å². The lowest BCUT2D eigenvalue weighted by atomic mass is 10.1. The highest BCUT2D eigenvalue weighted by atomic mass is 16.6. The number of amides is 1. The Labute approximate surface area is 121 Å². The summed E-state index contributed by atoms with van der Waals surface area (Å²) in [5.41, 5.74) is 0.118. The van der Waals surface area contributed by atoms with E-state index in [-0.39, 0.29) is 29.3 Å². The van der Waals surface area contributed by atoms with Crippen LogP contribution in [0.2, 0.25) is 0 Å². The maximum Gasteiger partial charge on any atom is 0.305 e. The lowest BCUT2D eigenvalue weighted by molar-refractivity contribution is -0.384. The lowest BCUT2D eigenvalue weighted by Crippen LogP contribution is -2.22. The van der Waals surface area contributed by atoms with Crippen molar-refractivity contribution in [2.45, 2.75) is 19.4 Å². The van der Waals surface area contributed by atoms with Gasteiger partial charge in [0.15, 0.2) is 0 Å². The van der Waals surface area contributed by atoms with Gasteiger partial charge in [-0.25, -0.2) is 0 Å². The molecule has 0 aliphatic heterocycles. The summed E-state index contributed by atoms with van der Waals surface area (Å²) in [4.78, 5) is 34.2. The predicted molar refractivity (Wildman–Crippen MR) is 76.5 cm³/mol. The number of carboxylic acid groups (broad SMARTS) is 1. The van der Waals surface area contributed by atoms with Gasteiger partial charge in [0.1, 0.15) is 5.69 Å². The molecule has 0 heterocycles. The minimum absolute atomic E-state index is 0.171. The zero-order valence-electron chi connectivity index (χ0n) is 12.0. The quantitative estimate of drug-likeness (QED) is 0.608. The Kier molecular flexibility index (Phi) is 5.23. The summed E-state index contributed by atoms with van der Waals surface area (Å²) in [5.74, 6) is -1.35. The molecule has 0 spiro atoms. The van der Waals surface area contributed by atoms with Crippen LogP contribution in [-0.2, 0) is 4.79 Å². The second kappa shape index (κ2) is 6.69. The van der Waals surface area contributed by atoms with Crippen LogP contribution in [0.15, 0.2) is 18.2 Å². The first-order valence-electron chi connectivity index (χ1n) is 6.20. The van der Waals surface area contributed by atoms with Gasteiger partial charge in [0.2, 0.25) is 0 Å². The molecule has 0 bridgehead atoms. The van der Waals surface area contributed by atoms with Gasteiger partial charge < -0.3 is 15.3 Å². The van der Waals surface area contributed by atoms with Crippen LogP contribution in [0.5, 0.6) is 0 Å². The van der Waals surface area contributed by atoms with Gasteiger partial charge in [-0.2, -0.15) is 0 Å². The SMILES string of the molecule is CC(CC(=O)O)Nc1ccc(C(=O)N(C)C)cc1[N+](=O)[O-]. The van der Waals surface area contributed by atoms with Crippen LogP contribution in [0.1, 0.15) is 23.7 Å². The van der Waals surface area contributed by atoms with Crippen molar-refractivity contribution in [2.24, 2.45) is 0 Å². The molecule has 0 aliphatic rings. The summed E-state index contributed by atoms with van der Waals surface area (Å²) in [6.07, 6.45) is -0.171. The maximum absolute atomic E-state index is 11.8. The van der Waals surface area contributed by atoms with Crippen LogP contribution in [0, 0.1) is 10.1 Å². The highest BCUT2D eigenvalue weighted by Gasteiger charge is 2.20. The van der Waals surface area contributed by atoms with Crippen LogP contribution < -0.4 is 5.32 Å². The van der Waals surface area contributed by atoms with Gasteiger partial charge in [-0.05, 0) is 19.1 Å². The first-order valence-corrected chi connectivity index (χ1v) is 6.20. The molecule has 1 unspecified atom stereocenters. The zero-order valence-corrected chi connectivity index (χ0v) is 12.0. The van der Waals surface area contributed by atoms with Gasteiger partial charge in [0.05, 0.1) is 11.3 Å². The predicted octanol–water partition coefficient (Wildman–Crippen LogP) is 1.57. The monoisotopic (exact) mass is 295 g/mol. The first-order chi connectivity index (χ1) is 9.72. The molecular weight excluding hydrogens is 278 g/mol. The summed E-state index contributed by atoms with van der Waals surface area (Å²) in [5, 5.41) is 22.6. The molecule has 0 fully saturated rings. The molecule has 21 heavy (non-hydrogen) atoms. The number of rotatable bonds is 6. The topological polar surface area (TPSA) is 113 Å². The molecule has 1 rings (SSSR count).